The van der Waals surface area contributed by atoms with Crippen LogP contribution in [-0.2, 0) is 11.8 Å². The lowest BCUT2D eigenvalue weighted by molar-refractivity contribution is -0.0409. The number of rotatable bonds is 5. The quantitative estimate of drug-likeness (QED) is 0.880. The lowest BCUT2D eigenvalue weighted by atomic mass is 10.0. The molecule has 0 fully saturated rings. The maximum atomic E-state index is 10.4. The summed E-state index contributed by atoms with van der Waals surface area (Å²) in [5.41, 5.74) is 0.954. The van der Waals surface area contributed by atoms with Crippen LogP contribution in [0.1, 0.15) is 30.5 Å². The molecular formula is C14H18N2O2. The van der Waals surface area contributed by atoms with Gasteiger partial charge in [0.15, 0.2) is 0 Å². The fourth-order valence-corrected chi connectivity index (χ4v) is 1.99. The number of hydrogen-bond acceptors (Lipinski definition) is 3. The molecule has 1 aromatic heterocycles. The molecule has 2 atom stereocenters. The van der Waals surface area contributed by atoms with Gasteiger partial charge in [0, 0.05) is 26.0 Å². The third-order valence-corrected chi connectivity index (χ3v) is 2.88. The molecule has 0 aliphatic heterocycles. The molecule has 0 bridgehead atoms. The summed E-state index contributed by atoms with van der Waals surface area (Å²) in [5, 5.41) is 10.4. The highest BCUT2D eigenvalue weighted by Crippen LogP contribution is 2.30. The van der Waals surface area contributed by atoms with E-state index < -0.39 is 12.2 Å². The SMILES string of the molecule is CCOC(c1ccccc1)C(O)c1nccn1C. The second-order valence-electron chi connectivity index (χ2n) is 4.13. The summed E-state index contributed by atoms with van der Waals surface area (Å²) in [6.07, 6.45) is 2.32. The summed E-state index contributed by atoms with van der Waals surface area (Å²) in [6.45, 7) is 2.46. The number of nitrogens with zero attached hydrogens (tertiary/aromatic N) is 2. The predicted molar refractivity (Wildman–Crippen MR) is 69.0 cm³/mol. The standard InChI is InChI=1S/C14H18N2O2/c1-3-18-13(11-7-5-4-6-8-11)12(17)14-15-9-10-16(14)2/h4-10,12-13,17H,3H2,1-2H3. The number of aromatic nitrogens is 2. The molecule has 2 aromatic rings. The zero-order chi connectivity index (χ0) is 13.0. The zero-order valence-electron chi connectivity index (χ0n) is 10.7. The molecule has 0 radical (unpaired) electrons. The minimum absolute atomic E-state index is 0.391. The smallest absolute Gasteiger partial charge is 0.142 e. The van der Waals surface area contributed by atoms with Crippen molar-refractivity contribution >= 4 is 0 Å². The Bertz CT molecular complexity index is 482. The van der Waals surface area contributed by atoms with Crippen molar-refractivity contribution in [3.8, 4) is 0 Å². The molecule has 0 spiro atoms. The number of aliphatic hydroxyl groups excluding tert-OH is 1. The van der Waals surface area contributed by atoms with Gasteiger partial charge in [-0.25, -0.2) is 4.98 Å². The molecule has 1 N–H and O–H groups in total. The first kappa shape index (κ1) is 12.8. The normalized spacial score (nSPS) is 14.4. The van der Waals surface area contributed by atoms with Gasteiger partial charge in [0.2, 0.25) is 0 Å². The van der Waals surface area contributed by atoms with E-state index in [1.807, 2.05) is 50.5 Å². The fourth-order valence-electron chi connectivity index (χ4n) is 1.99. The van der Waals surface area contributed by atoms with Crippen molar-refractivity contribution in [1.82, 2.24) is 9.55 Å². The second-order valence-corrected chi connectivity index (χ2v) is 4.13. The average molecular weight is 246 g/mol. The molecule has 1 heterocycles. The summed E-state index contributed by atoms with van der Waals surface area (Å²) < 4.78 is 7.47. The van der Waals surface area contributed by atoms with Gasteiger partial charge in [0.25, 0.3) is 0 Å². The average Bonchev–Trinajstić information content (AvgIpc) is 2.82. The van der Waals surface area contributed by atoms with Crippen LogP contribution >= 0.6 is 0 Å². The highest BCUT2D eigenvalue weighted by Gasteiger charge is 2.25. The summed E-state index contributed by atoms with van der Waals surface area (Å²) in [6, 6.07) is 9.72. The molecule has 1 aromatic carbocycles. The van der Waals surface area contributed by atoms with Crippen LogP contribution in [0.4, 0.5) is 0 Å². The van der Waals surface area contributed by atoms with E-state index in [0.29, 0.717) is 12.4 Å². The van der Waals surface area contributed by atoms with Crippen LogP contribution in [-0.4, -0.2) is 21.3 Å². The maximum absolute atomic E-state index is 10.4. The number of aryl methyl sites for hydroxylation is 1. The molecule has 4 heteroatoms. The minimum atomic E-state index is -0.771. The Hall–Kier alpha value is -1.65. The van der Waals surface area contributed by atoms with Gasteiger partial charge in [0.1, 0.15) is 18.0 Å². The van der Waals surface area contributed by atoms with Gasteiger partial charge in [0.05, 0.1) is 0 Å². The van der Waals surface area contributed by atoms with E-state index in [2.05, 4.69) is 4.98 Å². The van der Waals surface area contributed by atoms with Crippen LogP contribution < -0.4 is 0 Å². The predicted octanol–water partition coefficient (Wildman–Crippen LogP) is 2.23. The van der Waals surface area contributed by atoms with E-state index in [4.69, 9.17) is 4.74 Å². The number of imidazole rings is 1. The van der Waals surface area contributed by atoms with Gasteiger partial charge in [-0.2, -0.15) is 0 Å². The Morgan fingerprint density at radius 1 is 1.33 bits per heavy atom. The first-order valence-corrected chi connectivity index (χ1v) is 6.06. The van der Waals surface area contributed by atoms with E-state index in [1.165, 1.54) is 0 Å². The van der Waals surface area contributed by atoms with Crippen molar-refractivity contribution in [1.29, 1.82) is 0 Å². The van der Waals surface area contributed by atoms with E-state index in [0.717, 1.165) is 5.56 Å². The van der Waals surface area contributed by atoms with E-state index in [-0.39, 0.29) is 0 Å². The fraction of sp³-hybridized carbons (Fsp3) is 0.357. The molecule has 0 aliphatic carbocycles. The van der Waals surface area contributed by atoms with Crippen molar-refractivity contribution < 1.29 is 9.84 Å². The van der Waals surface area contributed by atoms with E-state index >= 15 is 0 Å². The second kappa shape index (κ2) is 5.80. The number of ether oxygens (including phenoxy) is 1. The van der Waals surface area contributed by atoms with Crippen molar-refractivity contribution in [2.75, 3.05) is 6.61 Å². The van der Waals surface area contributed by atoms with Crippen molar-refractivity contribution in [2.24, 2.45) is 7.05 Å². The zero-order valence-corrected chi connectivity index (χ0v) is 10.7. The van der Waals surface area contributed by atoms with Crippen LogP contribution in [0.15, 0.2) is 42.7 Å². The summed E-state index contributed by atoms with van der Waals surface area (Å²) in [7, 11) is 1.86. The van der Waals surface area contributed by atoms with Gasteiger partial charge < -0.3 is 14.4 Å². The Kier molecular flexibility index (Phi) is 4.12. The molecule has 4 nitrogen and oxygen atoms in total. The first-order valence-electron chi connectivity index (χ1n) is 6.06. The van der Waals surface area contributed by atoms with Crippen LogP contribution in [0.5, 0.6) is 0 Å². The van der Waals surface area contributed by atoms with Crippen LogP contribution in [0, 0.1) is 0 Å². The minimum Gasteiger partial charge on any atom is -0.382 e. The monoisotopic (exact) mass is 246 g/mol. The summed E-state index contributed by atoms with van der Waals surface area (Å²) in [5.74, 6) is 0.609. The van der Waals surface area contributed by atoms with Gasteiger partial charge in [-0.15, -0.1) is 0 Å². The highest BCUT2D eigenvalue weighted by molar-refractivity contribution is 5.20. The van der Waals surface area contributed by atoms with Crippen molar-refractivity contribution in [3.63, 3.8) is 0 Å². The molecule has 0 aliphatic rings. The van der Waals surface area contributed by atoms with Crippen LogP contribution in [0.3, 0.4) is 0 Å². The van der Waals surface area contributed by atoms with E-state index in [1.54, 1.807) is 10.8 Å². The third-order valence-electron chi connectivity index (χ3n) is 2.88. The number of hydrogen-bond donors (Lipinski definition) is 1. The Labute approximate surface area is 107 Å². The van der Waals surface area contributed by atoms with Crippen molar-refractivity contribution in [2.45, 2.75) is 19.1 Å². The maximum Gasteiger partial charge on any atom is 0.142 e. The first-order chi connectivity index (χ1) is 8.74. The molecule has 2 rings (SSSR count). The van der Waals surface area contributed by atoms with Crippen LogP contribution in [0.25, 0.3) is 0 Å². The third kappa shape index (κ3) is 2.60. The summed E-state index contributed by atoms with van der Waals surface area (Å²) in [4.78, 5) is 4.18. The van der Waals surface area contributed by atoms with Gasteiger partial charge in [-0.05, 0) is 12.5 Å². The molecule has 2 unspecified atom stereocenters. The topological polar surface area (TPSA) is 47.3 Å². The number of aliphatic hydroxyl groups is 1. The lowest BCUT2D eigenvalue weighted by Crippen LogP contribution is -2.17. The van der Waals surface area contributed by atoms with Crippen molar-refractivity contribution in [3.05, 3.63) is 54.1 Å². The molecule has 0 saturated carbocycles. The molecule has 0 saturated heterocycles. The molecule has 96 valence electrons. The highest BCUT2D eigenvalue weighted by atomic mass is 16.5. The molecule has 18 heavy (non-hydrogen) atoms. The Morgan fingerprint density at radius 3 is 2.61 bits per heavy atom. The molecular weight excluding hydrogens is 228 g/mol. The van der Waals surface area contributed by atoms with Gasteiger partial charge in [-0.1, -0.05) is 30.3 Å². The van der Waals surface area contributed by atoms with Crippen LogP contribution in [0.2, 0.25) is 0 Å². The molecule has 0 amide bonds. The number of benzene rings is 1. The largest absolute Gasteiger partial charge is 0.382 e. The van der Waals surface area contributed by atoms with Gasteiger partial charge in [-0.3, -0.25) is 0 Å². The van der Waals surface area contributed by atoms with E-state index in [9.17, 15) is 5.11 Å². The Morgan fingerprint density at radius 2 is 2.06 bits per heavy atom. The Balaban J connectivity index is 2.28. The summed E-state index contributed by atoms with van der Waals surface area (Å²) >= 11 is 0. The van der Waals surface area contributed by atoms with Gasteiger partial charge >= 0.3 is 0 Å². The lowest BCUT2D eigenvalue weighted by Gasteiger charge is -2.23.